The van der Waals surface area contributed by atoms with E-state index in [1.54, 1.807) is 6.07 Å². The molecule has 0 amide bonds. The van der Waals surface area contributed by atoms with E-state index in [4.69, 9.17) is 14.9 Å². The van der Waals surface area contributed by atoms with Crippen molar-refractivity contribution < 1.29 is 9.15 Å². The van der Waals surface area contributed by atoms with Gasteiger partial charge in [0.2, 0.25) is 11.8 Å². The van der Waals surface area contributed by atoms with E-state index < -0.39 is 0 Å². The van der Waals surface area contributed by atoms with Gasteiger partial charge in [-0.1, -0.05) is 18.2 Å². The molecule has 96 valence electrons. The summed E-state index contributed by atoms with van der Waals surface area (Å²) in [5.74, 6) is 1.22. The molecule has 1 aromatic carbocycles. The van der Waals surface area contributed by atoms with Crippen molar-refractivity contribution in [2.75, 3.05) is 12.8 Å². The predicted molar refractivity (Wildman–Crippen MR) is 72.9 cm³/mol. The van der Waals surface area contributed by atoms with Crippen molar-refractivity contribution >= 4 is 16.9 Å². The summed E-state index contributed by atoms with van der Waals surface area (Å²) >= 11 is 0. The van der Waals surface area contributed by atoms with Crippen LogP contribution in [0, 0.1) is 6.92 Å². The number of hydrogen-bond acceptors (Lipinski definition) is 5. The van der Waals surface area contributed by atoms with Crippen molar-refractivity contribution in [3.63, 3.8) is 0 Å². The molecule has 0 aliphatic carbocycles. The van der Waals surface area contributed by atoms with Gasteiger partial charge in [0.05, 0.1) is 7.11 Å². The summed E-state index contributed by atoms with van der Waals surface area (Å²) in [4.78, 5) is 8.12. The number of aryl methyl sites for hydroxylation is 1. The summed E-state index contributed by atoms with van der Waals surface area (Å²) in [6.45, 7) is 2.00. The largest absolute Gasteiger partial charge is 0.481 e. The third-order valence-corrected chi connectivity index (χ3v) is 2.92. The molecule has 0 spiro atoms. The highest BCUT2D eigenvalue weighted by molar-refractivity contribution is 5.84. The monoisotopic (exact) mass is 255 g/mol. The van der Waals surface area contributed by atoms with Crippen LogP contribution in [0.5, 0.6) is 5.88 Å². The van der Waals surface area contributed by atoms with E-state index in [2.05, 4.69) is 9.97 Å². The molecule has 5 nitrogen and oxygen atoms in total. The maximum absolute atomic E-state index is 5.84. The number of para-hydroxylation sites is 1. The summed E-state index contributed by atoms with van der Waals surface area (Å²) in [5, 5.41) is 1.03. The van der Waals surface area contributed by atoms with Gasteiger partial charge in [-0.2, -0.15) is 4.98 Å². The molecular formula is C14H13N3O2. The fourth-order valence-corrected chi connectivity index (χ4v) is 2.01. The number of hydrogen-bond donors (Lipinski definition) is 1. The Hall–Kier alpha value is -2.56. The Morgan fingerprint density at radius 1 is 1.21 bits per heavy atom. The first-order chi connectivity index (χ1) is 9.17. The molecule has 2 heterocycles. The number of fused-ring (bicyclic) bond motifs is 1. The van der Waals surface area contributed by atoms with E-state index in [-0.39, 0.29) is 5.95 Å². The quantitative estimate of drug-likeness (QED) is 0.762. The van der Waals surface area contributed by atoms with Gasteiger partial charge in [0.25, 0.3) is 0 Å². The standard InChI is InChI=1S/C14H13N3O2/c1-8-4-3-5-9-6-11(19-13(8)9)10-7-12(18-2)17-14(15)16-10/h3-7H,1-2H3,(H2,15,16,17). The molecule has 19 heavy (non-hydrogen) atoms. The number of methoxy groups -OCH3 is 1. The zero-order valence-electron chi connectivity index (χ0n) is 10.7. The van der Waals surface area contributed by atoms with Crippen molar-refractivity contribution in [3.05, 3.63) is 35.9 Å². The van der Waals surface area contributed by atoms with Crippen molar-refractivity contribution in [2.45, 2.75) is 6.92 Å². The molecule has 2 aromatic heterocycles. The Morgan fingerprint density at radius 2 is 2.05 bits per heavy atom. The molecule has 3 aromatic rings. The lowest BCUT2D eigenvalue weighted by Gasteiger charge is -2.02. The average Bonchev–Trinajstić information content (AvgIpc) is 2.83. The first-order valence-corrected chi connectivity index (χ1v) is 5.85. The van der Waals surface area contributed by atoms with Crippen LogP contribution in [0.4, 0.5) is 5.95 Å². The van der Waals surface area contributed by atoms with Gasteiger partial charge in [-0.3, -0.25) is 0 Å². The van der Waals surface area contributed by atoms with E-state index in [0.29, 0.717) is 17.3 Å². The Kier molecular flexibility index (Phi) is 2.59. The third kappa shape index (κ3) is 1.99. The van der Waals surface area contributed by atoms with Gasteiger partial charge in [-0.15, -0.1) is 0 Å². The second-order valence-electron chi connectivity index (χ2n) is 4.26. The number of anilines is 1. The minimum Gasteiger partial charge on any atom is -0.481 e. The molecule has 0 bridgehead atoms. The molecular weight excluding hydrogens is 242 g/mol. The first-order valence-electron chi connectivity index (χ1n) is 5.85. The second-order valence-corrected chi connectivity index (χ2v) is 4.26. The highest BCUT2D eigenvalue weighted by atomic mass is 16.5. The van der Waals surface area contributed by atoms with E-state index in [0.717, 1.165) is 16.5 Å². The number of aromatic nitrogens is 2. The zero-order chi connectivity index (χ0) is 13.4. The average molecular weight is 255 g/mol. The fraction of sp³-hybridized carbons (Fsp3) is 0.143. The lowest BCUT2D eigenvalue weighted by Crippen LogP contribution is -1.98. The third-order valence-electron chi connectivity index (χ3n) is 2.92. The normalized spacial score (nSPS) is 10.8. The lowest BCUT2D eigenvalue weighted by atomic mass is 10.2. The van der Waals surface area contributed by atoms with Crippen LogP contribution in [0.3, 0.4) is 0 Å². The summed E-state index contributed by atoms with van der Waals surface area (Å²) in [5.41, 5.74) is 8.20. The van der Waals surface area contributed by atoms with Crippen LogP contribution in [0.2, 0.25) is 0 Å². The van der Waals surface area contributed by atoms with Crippen molar-refractivity contribution in [1.29, 1.82) is 0 Å². The summed E-state index contributed by atoms with van der Waals surface area (Å²) in [6, 6.07) is 9.63. The Balaban J connectivity index is 2.19. The molecule has 0 unspecified atom stereocenters. The zero-order valence-corrected chi connectivity index (χ0v) is 10.7. The number of benzene rings is 1. The predicted octanol–water partition coefficient (Wildman–Crippen LogP) is 2.79. The number of furan rings is 1. The van der Waals surface area contributed by atoms with Crippen LogP contribution < -0.4 is 10.5 Å². The number of nitrogens with two attached hydrogens (primary N) is 1. The van der Waals surface area contributed by atoms with Gasteiger partial charge < -0.3 is 14.9 Å². The van der Waals surface area contributed by atoms with Crippen molar-refractivity contribution in [1.82, 2.24) is 9.97 Å². The molecule has 2 N–H and O–H groups in total. The maximum Gasteiger partial charge on any atom is 0.223 e. The van der Waals surface area contributed by atoms with Crippen LogP contribution >= 0.6 is 0 Å². The van der Waals surface area contributed by atoms with Crippen LogP contribution in [0.1, 0.15) is 5.56 Å². The number of rotatable bonds is 2. The Bertz CT molecular complexity index is 750. The second kappa shape index (κ2) is 4.28. The summed E-state index contributed by atoms with van der Waals surface area (Å²) < 4.78 is 10.9. The van der Waals surface area contributed by atoms with Crippen molar-refractivity contribution in [3.8, 4) is 17.3 Å². The van der Waals surface area contributed by atoms with Crippen LogP contribution in [-0.2, 0) is 0 Å². The SMILES string of the molecule is COc1cc(-c2cc3cccc(C)c3o2)nc(N)n1. The van der Waals surface area contributed by atoms with E-state index in [9.17, 15) is 0 Å². The Morgan fingerprint density at radius 3 is 2.79 bits per heavy atom. The van der Waals surface area contributed by atoms with E-state index in [1.807, 2.05) is 31.2 Å². The minimum atomic E-state index is 0.159. The van der Waals surface area contributed by atoms with Gasteiger partial charge in [-0.05, 0) is 18.6 Å². The first kappa shape index (κ1) is 11.5. The number of nitrogen functional groups attached to an aromatic ring is 1. The molecule has 5 heteroatoms. The molecule has 0 fully saturated rings. The molecule has 0 radical (unpaired) electrons. The molecule has 0 aliphatic rings. The Labute approximate surface area is 110 Å². The smallest absolute Gasteiger partial charge is 0.223 e. The van der Waals surface area contributed by atoms with Crippen LogP contribution in [0.15, 0.2) is 34.7 Å². The van der Waals surface area contributed by atoms with Gasteiger partial charge in [-0.25, -0.2) is 4.98 Å². The maximum atomic E-state index is 5.84. The van der Waals surface area contributed by atoms with Crippen molar-refractivity contribution in [2.24, 2.45) is 0 Å². The van der Waals surface area contributed by atoms with Crippen LogP contribution in [-0.4, -0.2) is 17.1 Å². The summed E-state index contributed by atoms with van der Waals surface area (Å²) in [7, 11) is 1.54. The van der Waals surface area contributed by atoms with Gasteiger partial charge in [0.1, 0.15) is 11.3 Å². The molecule has 0 saturated carbocycles. The molecule has 0 saturated heterocycles. The number of nitrogens with zero attached hydrogens (tertiary/aromatic N) is 2. The summed E-state index contributed by atoms with van der Waals surface area (Å²) in [6.07, 6.45) is 0. The minimum absolute atomic E-state index is 0.159. The lowest BCUT2D eigenvalue weighted by molar-refractivity contribution is 0.397. The van der Waals surface area contributed by atoms with Gasteiger partial charge in [0, 0.05) is 11.5 Å². The van der Waals surface area contributed by atoms with Gasteiger partial charge >= 0.3 is 0 Å². The number of ether oxygens (including phenoxy) is 1. The topological polar surface area (TPSA) is 74.2 Å². The van der Waals surface area contributed by atoms with Gasteiger partial charge in [0.15, 0.2) is 5.76 Å². The van der Waals surface area contributed by atoms with Crippen LogP contribution in [0.25, 0.3) is 22.4 Å². The molecule has 0 aliphatic heterocycles. The highest BCUT2D eigenvalue weighted by Crippen LogP contribution is 2.30. The molecule has 3 rings (SSSR count). The van der Waals surface area contributed by atoms with E-state index >= 15 is 0 Å². The fourth-order valence-electron chi connectivity index (χ4n) is 2.01. The van der Waals surface area contributed by atoms with E-state index in [1.165, 1.54) is 7.11 Å². The highest BCUT2D eigenvalue weighted by Gasteiger charge is 2.11. The molecule has 0 atom stereocenters.